The molecule has 0 aromatic heterocycles. The molecule has 6 heteroatoms. The van der Waals surface area contributed by atoms with E-state index in [1.54, 1.807) is 0 Å². The van der Waals surface area contributed by atoms with Crippen molar-refractivity contribution >= 4 is 11.9 Å². The first-order valence-electron chi connectivity index (χ1n) is 24.7. The first-order chi connectivity index (χ1) is 28.0. The Labute approximate surface area is 353 Å². The normalized spacial score (nSPS) is 13.6. The van der Waals surface area contributed by atoms with Crippen LogP contribution in [0.2, 0.25) is 0 Å². The molecule has 57 heavy (non-hydrogen) atoms. The summed E-state index contributed by atoms with van der Waals surface area (Å²) in [6.07, 6.45) is 52.1. The van der Waals surface area contributed by atoms with E-state index in [-0.39, 0.29) is 24.9 Å². The minimum absolute atomic E-state index is 0.0649. The van der Waals surface area contributed by atoms with Crippen LogP contribution in [0.15, 0.2) is 36.5 Å². The highest BCUT2D eigenvalue weighted by molar-refractivity contribution is 5.77. The molecule has 0 spiro atoms. The third-order valence-electron chi connectivity index (χ3n) is 11.2. The number of ether oxygens (including phenoxy) is 1. The summed E-state index contributed by atoms with van der Waals surface area (Å²) in [5.74, 6) is -0.496. The minimum atomic E-state index is -0.789. The monoisotopic (exact) mass is 802 g/mol. The van der Waals surface area contributed by atoms with E-state index in [0.29, 0.717) is 19.3 Å². The highest BCUT2D eigenvalue weighted by atomic mass is 16.5. The van der Waals surface area contributed by atoms with Crippen LogP contribution in [0.25, 0.3) is 0 Å². The van der Waals surface area contributed by atoms with Gasteiger partial charge < -0.3 is 20.3 Å². The Kier molecular flexibility index (Phi) is 43.6. The number of unbranched alkanes of at least 4 members (excludes halogenated alkanes) is 26. The maximum Gasteiger partial charge on any atom is 0.306 e. The van der Waals surface area contributed by atoms with Gasteiger partial charge in [-0.1, -0.05) is 198 Å². The molecule has 334 valence electrons. The van der Waals surface area contributed by atoms with E-state index in [4.69, 9.17) is 4.74 Å². The van der Waals surface area contributed by atoms with Crippen LogP contribution in [0.4, 0.5) is 0 Å². The number of hydrogen-bond acceptors (Lipinski definition) is 5. The van der Waals surface area contributed by atoms with Gasteiger partial charge in [-0.3, -0.25) is 9.59 Å². The fourth-order valence-corrected chi connectivity index (χ4v) is 7.38. The third kappa shape index (κ3) is 40.6. The molecule has 0 aromatic rings. The minimum Gasteiger partial charge on any atom is -0.462 e. The molecule has 0 bridgehead atoms. The number of amides is 1. The average molecular weight is 802 g/mol. The van der Waals surface area contributed by atoms with Crippen molar-refractivity contribution in [2.24, 2.45) is 0 Å². The first kappa shape index (κ1) is 55.1. The lowest BCUT2D eigenvalue weighted by molar-refractivity contribution is -0.151. The molecule has 0 rings (SSSR count). The fourth-order valence-electron chi connectivity index (χ4n) is 7.38. The molecule has 0 radical (unpaired) electrons. The Morgan fingerprint density at radius 1 is 0.509 bits per heavy atom. The lowest BCUT2D eigenvalue weighted by Gasteiger charge is -2.24. The van der Waals surface area contributed by atoms with Crippen LogP contribution in [0.5, 0.6) is 0 Å². The molecule has 0 aliphatic rings. The van der Waals surface area contributed by atoms with Gasteiger partial charge in [0.1, 0.15) is 6.10 Å². The third-order valence-corrected chi connectivity index (χ3v) is 11.2. The SMILES string of the molecule is CCCC/C=C\CCCCCC(CC(=O)NC(CO)C(O)CCCCCCCCCCCCCC)OC(=O)CCCCCCCCC/C=C\C/C=C\CCCCC. The molecule has 0 aliphatic carbocycles. The summed E-state index contributed by atoms with van der Waals surface area (Å²) in [7, 11) is 0. The van der Waals surface area contributed by atoms with Gasteiger partial charge in [-0.05, 0) is 77.0 Å². The average Bonchev–Trinajstić information content (AvgIpc) is 3.20. The van der Waals surface area contributed by atoms with Crippen molar-refractivity contribution in [1.82, 2.24) is 5.32 Å². The van der Waals surface area contributed by atoms with Gasteiger partial charge in [0, 0.05) is 6.42 Å². The van der Waals surface area contributed by atoms with Gasteiger partial charge in [-0.25, -0.2) is 0 Å². The number of aliphatic hydroxyl groups is 2. The highest BCUT2D eigenvalue weighted by Gasteiger charge is 2.24. The number of esters is 1. The van der Waals surface area contributed by atoms with Gasteiger partial charge in [0.25, 0.3) is 0 Å². The molecular weight excluding hydrogens is 707 g/mol. The summed E-state index contributed by atoms with van der Waals surface area (Å²) in [4.78, 5) is 26.0. The second kappa shape index (κ2) is 45.2. The predicted molar refractivity (Wildman–Crippen MR) is 246 cm³/mol. The lowest BCUT2D eigenvalue weighted by Crippen LogP contribution is -2.46. The van der Waals surface area contributed by atoms with Gasteiger partial charge in [-0.15, -0.1) is 0 Å². The van der Waals surface area contributed by atoms with E-state index >= 15 is 0 Å². The Morgan fingerprint density at radius 2 is 0.912 bits per heavy atom. The van der Waals surface area contributed by atoms with Crippen molar-refractivity contribution in [2.75, 3.05) is 6.61 Å². The van der Waals surface area contributed by atoms with E-state index in [9.17, 15) is 19.8 Å². The molecule has 0 aromatic carbocycles. The molecule has 0 aliphatic heterocycles. The van der Waals surface area contributed by atoms with Gasteiger partial charge in [0.05, 0.1) is 25.2 Å². The smallest absolute Gasteiger partial charge is 0.306 e. The van der Waals surface area contributed by atoms with E-state index in [1.165, 1.54) is 122 Å². The molecular formula is C51H95NO5. The second-order valence-corrected chi connectivity index (χ2v) is 16.9. The number of allylic oxidation sites excluding steroid dienone is 6. The number of rotatable bonds is 44. The summed E-state index contributed by atoms with van der Waals surface area (Å²) in [6.45, 7) is 6.40. The largest absolute Gasteiger partial charge is 0.462 e. The van der Waals surface area contributed by atoms with Crippen LogP contribution >= 0.6 is 0 Å². The number of carbonyl (C=O) groups excluding carboxylic acids is 2. The zero-order valence-corrected chi connectivity index (χ0v) is 38.0. The lowest BCUT2D eigenvalue weighted by atomic mass is 10.0. The number of hydrogen-bond donors (Lipinski definition) is 3. The zero-order valence-electron chi connectivity index (χ0n) is 38.0. The van der Waals surface area contributed by atoms with E-state index < -0.39 is 18.2 Å². The zero-order chi connectivity index (χ0) is 41.7. The van der Waals surface area contributed by atoms with Crippen molar-refractivity contribution in [3.05, 3.63) is 36.5 Å². The van der Waals surface area contributed by atoms with Crippen LogP contribution < -0.4 is 5.32 Å². The van der Waals surface area contributed by atoms with E-state index in [1.807, 2.05) is 0 Å². The van der Waals surface area contributed by atoms with Gasteiger partial charge in [0.15, 0.2) is 0 Å². The summed E-state index contributed by atoms with van der Waals surface area (Å²) >= 11 is 0. The molecule has 1 amide bonds. The Balaban J connectivity index is 4.48. The Morgan fingerprint density at radius 3 is 1.46 bits per heavy atom. The number of nitrogens with one attached hydrogen (secondary N) is 1. The van der Waals surface area contributed by atoms with E-state index in [2.05, 4.69) is 62.5 Å². The molecule has 0 saturated heterocycles. The van der Waals surface area contributed by atoms with Crippen LogP contribution in [-0.2, 0) is 14.3 Å². The molecule has 3 atom stereocenters. The molecule has 3 N–H and O–H groups in total. The van der Waals surface area contributed by atoms with Crippen molar-refractivity contribution in [3.8, 4) is 0 Å². The van der Waals surface area contributed by atoms with Crippen molar-refractivity contribution in [2.45, 2.75) is 270 Å². The maximum atomic E-state index is 13.1. The summed E-state index contributed by atoms with van der Waals surface area (Å²) in [5.41, 5.74) is 0. The standard InChI is InChI=1S/C51H95NO5/c1-4-7-10-13-16-19-21-23-24-25-26-27-29-32-35-38-41-44-51(56)57-47(42-39-36-33-30-18-15-12-9-6-3)45-50(55)52-48(46-53)49(54)43-40-37-34-31-28-22-20-17-14-11-8-5-2/h15-16,18-19,23-24,47-49,53-54H,4-14,17,20-22,25-46H2,1-3H3,(H,52,55)/b18-15-,19-16-,24-23-. The van der Waals surface area contributed by atoms with Crippen LogP contribution in [0.1, 0.15) is 252 Å². The molecule has 0 fully saturated rings. The predicted octanol–water partition coefficient (Wildman–Crippen LogP) is 14.5. The van der Waals surface area contributed by atoms with Crippen LogP contribution in [0, 0.1) is 0 Å². The maximum absolute atomic E-state index is 13.1. The van der Waals surface area contributed by atoms with Crippen LogP contribution in [-0.4, -0.2) is 46.9 Å². The molecule has 6 nitrogen and oxygen atoms in total. The highest BCUT2D eigenvalue weighted by Crippen LogP contribution is 2.17. The second-order valence-electron chi connectivity index (χ2n) is 16.9. The summed E-state index contributed by atoms with van der Waals surface area (Å²) in [6, 6.07) is -0.704. The number of carbonyl (C=O) groups is 2. The summed E-state index contributed by atoms with van der Waals surface area (Å²) < 4.78 is 5.90. The first-order valence-corrected chi connectivity index (χ1v) is 24.7. The van der Waals surface area contributed by atoms with Crippen molar-refractivity contribution in [3.63, 3.8) is 0 Å². The topological polar surface area (TPSA) is 95.9 Å². The van der Waals surface area contributed by atoms with Crippen molar-refractivity contribution < 1.29 is 24.5 Å². The van der Waals surface area contributed by atoms with Gasteiger partial charge in [0.2, 0.25) is 5.91 Å². The van der Waals surface area contributed by atoms with Crippen molar-refractivity contribution in [1.29, 1.82) is 0 Å². The summed E-state index contributed by atoms with van der Waals surface area (Å²) in [5, 5.41) is 23.7. The Hall–Kier alpha value is -1.92. The van der Waals surface area contributed by atoms with Gasteiger partial charge in [-0.2, -0.15) is 0 Å². The van der Waals surface area contributed by atoms with Gasteiger partial charge >= 0.3 is 5.97 Å². The molecule has 0 saturated carbocycles. The fraction of sp³-hybridized carbons (Fsp3) is 0.843. The quantitative estimate of drug-likeness (QED) is 0.0324. The molecule has 0 heterocycles. The molecule has 3 unspecified atom stereocenters. The Bertz CT molecular complexity index is 946. The van der Waals surface area contributed by atoms with Crippen LogP contribution in [0.3, 0.4) is 0 Å². The van der Waals surface area contributed by atoms with E-state index in [0.717, 1.165) is 83.5 Å². The number of aliphatic hydroxyl groups excluding tert-OH is 2.